The number of hydrogen-bond acceptors (Lipinski definition) is 3. The second-order valence-electron chi connectivity index (χ2n) is 6.15. The minimum absolute atomic E-state index is 0.254. The number of nitrogens with zero attached hydrogens (tertiary/aromatic N) is 3. The van der Waals surface area contributed by atoms with E-state index >= 15 is 0 Å². The highest BCUT2D eigenvalue weighted by Gasteiger charge is 2.00. The second-order valence-corrected chi connectivity index (χ2v) is 6.15. The topological polar surface area (TPSA) is 63.5 Å². The molecule has 6 nitrogen and oxygen atoms in total. The van der Waals surface area contributed by atoms with E-state index in [9.17, 15) is 0 Å². The van der Waals surface area contributed by atoms with Gasteiger partial charge in [-0.15, -0.1) is 0 Å². The number of benzene rings is 1. The molecule has 0 aliphatic heterocycles. The van der Waals surface area contributed by atoms with Gasteiger partial charge < -0.3 is 15.4 Å². The van der Waals surface area contributed by atoms with Gasteiger partial charge in [0, 0.05) is 39.1 Å². The number of aromatic nitrogens is 2. The number of rotatable bonds is 9. The van der Waals surface area contributed by atoms with Gasteiger partial charge in [0.25, 0.3) is 0 Å². The summed E-state index contributed by atoms with van der Waals surface area (Å²) in [4.78, 5) is 4.26. The van der Waals surface area contributed by atoms with E-state index in [0.717, 1.165) is 32.0 Å². The predicted octanol–water partition coefficient (Wildman–Crippen LogP) is 2.56. The lowest BCUT2D eigenvalue weighted by Gasteiger charge is -2.12. The first kappa shape index (κ1) is 19.0. The van der Waals surface area contributed by atoms with Gasteiger partial charge >= 0.3 is 0 Å². The van der Waals surface area contributed by atoms with E-state index < -0.39 is 0 Å². The van der Waals surface area contributed by atoms with Crippen molar-refractivity contribution < 1.29 is 4.74 Å². The van der Waals surface area contributed by atoms with Crippen LogP contribution in [0.4, 0.5) is 0 Å². The quantitative estimate of drug-likeness (QED) is 0.417. The average molecular weight is 343 g/mol. The Morgan fingerprint density at radius 3 is 2.60 bits per heavy atom. The monoisotopic (exact) mass is 343 g/mol. The zero-order chi connectivity index (χ0) is 17.9. The Balaban J connectivity index is 1.67. The van der Waals surface area contributed by atoms with Crippen LogP contribution in [0.15, 0.2) is 47.7 Å². The van der Waals surface area contributed by atoms with Crippen molar-refractivity contribution in [3.05, 3.63) is 53.9 Å². The lowest BCUT2D eigenvalue weighted by atomic mass is 10.1. The van der Waals surface area contributed by atoms with Crippen molar-refractivity contribution in [1.82, 2.24) is 20.4 Å². The summed E-state index contributed by atoms with van der Waals surface area (Å²) in [5.41, 5.74) is 2.41. The Morgan fingerprint density at radius 1 is 1.20 bits per heavy atom. The molecule has 1 aromatic carbocycles. The number of aliphatic imine (C=N–C) groups is 1. The fourth-order valence-electron chi connectivity index (χ4n) is 2.30. The average Bonchev–Trinajstić information content (AvgIpc) is 3.13. The first-order valence-corrected chi connectivity index (χ1v) is 8.78. The summed E-state index contributed by atoms with van der Waals surface area (Å²) in [7, 11) is 1.79. The highest BCUT2D eigenvalue weighted by molar-refractivity contribution is 5.79. The summed E-state index contributed by atoms with van der Waals surface area (Å²) in [5, 5.41) is 10.9. The van der Waals surface area contributed by atoms with Crippen LogP contribution in [0.1, 0.15) is 31.4 Å². The first-order chi connectivity index (χ1) is 12.2. The van der Waals surface area contributed by atoms with Crippen LogP contribution in [0.3, 0.4) is 0 Å². The van der Waals surface area contributed by atoms with E-state index in [1.54, 1.807) is 13.2 Å². The Hall–Kier alpha value is -2.34. The molecule has 1 aromatic heterocycles. The van der Waals surface area contributed by atoms with E-state index in [0.29, 0.717) is 6.61 Å². The summed E-state index contributed by atoms with van der Waals surface area (Å²) in [6, 6.07) is 10.4. The summed E-state index contributed by atoms with van der Waals surface area (Å²) in [5.74, 6) is 0.813. The van der Waals surface area contributed by atoms with Crippen molar-refractivity contribution >= 4 is 5.96 Å². The molecule has 25 heavy (non-hydrogen) atoms. The molecule has 0 saturated heterocycles. The molecule has 0 unspecified atom stereocenters. The van der Waals surface area contributed by atoms with E-state index in [1.807, 2.05) is 30.8 Å². The third-order valence-electron chi connectivity index (χ3n) is 3.71. The molecule has 0 radical (unpaired) electrons. The van der Waals surface area contributed by atoms with Gasteiger partial charge in [-0.25, -0.2) is 0 Å². The van der Waals surface area contributed by atoms with Crippen molar-refractivity contribution in [3.8, 4) is 0 Å². The Morgan fingerprint density at radius 2 is 1.96 bits per heavy atom. The maximum absolute atomic E-state index is 5.61. The molecule has 0 bridgehead atoms. The van der Waals surface area contributed by atoms with E-state index in [2.05, 4.69) is 45.0 Å². The maximum atomic E-state index is 5.61. The standard InChI is InChI=1S/C19H29N5O/c1-16(2)25-15-18-8-6-17(7-9-18)14-22-19(20-3)21-10-4-12-24-13-5-11-23-24/h5-9,11,13,16H,4,10,12,14-15H2,1-3H3,(H2,20,21,22). The SMILES string of the molecule is CN=C(NCCCn1cccn1)NCc1ccc(COC(C)C)cc1. The zero-order valence-corrected chi connectivity index (χ0v) is 15.4. The van der Waals surface area contributed by atoms with Crippen molar-refractivity contribution in [2.75, 3.05) is 13.6 Å². The minimum Gasteiger partial charge on any atom is -0.374 e. The summed E-state index contributed by atoms with van der Waals surface area (Å²) in [6.07, 6.45) is 5.02. The third kappa shape index (κ3) is 7.39. The molecule has 2 rings (SSSR count). The van der Waals surface area contributed by atoms with Crippen molar-refractivity contribution in [2.45, 2.75) is 46.1 Å². The lowest BCUT2D eigenvalue weighted by Crippen LogP contribution is -2.37. The number of nitrogens with one attached hydrogen (secondary N) is 2. The molecule has 0 aliphatic rings. The van der Waals surface area contributed by atoms with Crippen molar-refractivity contribution in [3.63, 3.8) is 0 Å². The summed E-state index contributed by atoms with van der Waals surface area (Å²) >= 11 is 0. The number of aryl methyl sites for hydroxylation is 1. The number of guanidine groups is 1. The van der Waals surface area contributed by atoms with Crippen LogP contribution in [0, 0.1) is 0 Å². The van der Waals surface area contributed by atoms with Gasteiger partial charge in [-0.05, 0) is 37.5 Å². The first-order valence-electron chi connectivity index (χ1n) is 8.78. The van der Waals surface area contributed by atoms with Crippen molar-refractivity contribution in [2.24, 2.45) is 4.99 Å². The molecule has 0 saturated carbocycles. The Kier molecular flexibility index (Phi) is 7.98. The molecule has 6 heteroatoms. The van der Waals surface area contributed by atoms with Gasteiger partial charge in [0.1, 0.15) is 0 Å². The van der Waals surface area contributed by atoms with Gasteiger partial charge in [0.2, 0.25) is 0 Å². The summed E-state index contributed by atoms with van der Waals surface area (Å²) in [6.45, 7) is 7.24. The van der Waals surface area contributed by atoms with E-state index in [4.69, 9.17) is 4.74 Å². The number of hydrogen-bond donors (Lipinski definition) is 2. The second kappa shape index (κ2) is 10.5. The minimum atomic E-state index is 0.254. The fourth-order valence-corrected chi connectivity index (χ4v) is 2.30. The third-order valence-corrected chi connectivity index (χ3v) is 3.71. The molecule has 2 aromatic rings. The molecule has 136 valence electrons. The largest absolute Gasteiger partial charge is 0.374 e. The van der Waals surface area contributed by atoms with Crippen LogP contribution in [0.25, 0.3) is 0 Å². The molecule has 0 fully saturated rings. The Bertz CT molecular complexity index is 620. The van der Waals surface area contributed by atoms with Gasteiger partial charge in [0.15, 0.2) is 5.96 Å². The number of ether oxygens (including phenoxy) is 1. The summed E-state index contributed by atoms with van der Waals surface area (Å²) < 4.78 is 7.55. The normalized spacial score (nSPS) is 11.8. The highest BCUT2D eigenvalue weighted by Crippen LogP contribution is 2.07. The van der Waals surface area contributed by atoms with Gasteiger partial charge in [-0.2, -0.15) is 5.10 Å². The van der Waals surface area contributed by atoms with Crippen molar-refractivity contribution in [1.29, 1.82) is 0 Å². The van der Waals surface area contributed by atoms with Gasteiger partial charge in [0.05, 0.1) is 12.7 Å². The fraction of sp³-hybridized carbons (Fsp3) is 0.474. The van der Waals surface area contributed by atoms with Crippen LogP contribution >= 0.6 is 0 Å². The molecule has 0 spiro atoms. The molecular formula is C19H29N5O. The highest BCUT2D eigenvalue weighted by atomic mass is 16.5. The zero-order valence-electron chi connectivity index (χ0n) is 15.4. The molecule has 0 atom stereocenters. The lowest BCUT2D eigenvalue weighted by molar-refractivity contribution is 0.0657. The molecule has 2 N–H and O–H groups in total. The molecule has 1 heterocycles. The van der Waals surface area contributed by atoms with Crippen LogP contribution in [0.2, 0.25) is 0 Å². The molecular weight excluding hydrogens is 314 g/mol. The molecule has 0 aliphatic carbocycles. The van der Waals surface area contributed by atoms with Gasteiger partial charge in [-0.3, -0.25) is 9.67 Å². The van der Waals surface area contributed by atoms with Crippen LogP contribution < -0.4 is 10.6 Å². The van der Waals surface area contributed by atoms with Gasteiger partial charge in [-0.1, -0.05) is 24.3 Å². The van der Waals surface area contributed by atoms with E-state index in [1.165, 1.54) is 11.1 Å². The maximum Gasteiger partial charge on any atom is 0.191 e. The smallest absolute Gasteiger partial charge is 0.191 e. The molecule has 0 amide bonds. The van der Waals surface area contributed by atoms with Crippen LogP contribution in [0.5, 0.6) is 0 Å². The van der Waals surface area contributed by atoms with Crippen LogP contribution in [-0.4, -0.2) is 35.4 Å². The predicted molar refractivity (Wildman–Crippen MR) is 101 cm³/mol. The van der Waals surface area contributed by atoms with E-state index in [-0.39, 0.29) is 6.10 Å². The van der Waals surface area contributed by atoms with Crippen LogP contribution in [-0.2, 0) is 24.4 Å². The Labute approximate surface area is 150 Å².